The van der Waals surface area contributed by atoms with Crippen molar-refractivity contribution >= 4 is 6.02 Å². The minimum Gasteiger partial charge on any atom is -0.497 e. The van der Waals surface area contributed by atoms with E-state index >= 15 is 4.39 Å². The van der Waals surface area contributed by atoms with Crippen LogP contribution in [-0.2, 0) is 10.3 Å². The van der Waals surface area contributed by atoms with Gasteiger partial charge in [-0.15, -0.1) is 0 Å². The van der Waals surface area contributed by atoms with Gasteiger partial charge >= 0.3 is 6.61 Å². The first-order valence-corrected chi connectivity index (χ1v) is 9.50. The zero-order valence-corrected chi connectivity index (χ0v) is 16.8. The maximum atomic E-state index is 15.0. The molecule has 2 N–H and O–H groups in total. The Kier molecular flexibility index (Phi) is 5.65. The van der Waals surface area contributed by atoms with Crippen molar-refractivity contribution in [3.8, 4) is 22.6 Å². The van der Waals surface area contributed by atoms with E-state index in [1.54, 1.807) is 30.3 Å². The Balaban J connectivity index is 1.84. The van der Waals surface area contributed by atoms with Crippen LogP contribution in [0.15, 0.2) is 65.7 Å². The first-order chi connectivity index (χ1) is 15.3. The summed E-state index contributed by atoms with van der Waals surface area (Å²) in [6, 6.07) is 14.2. The van der Waals surface area contributed by atoms with Crippen LogP contribution >= 0.6 is 0 Å². The molecule has 0 saturated carbocycles. The van der Waals surface area contributed by atoms with Crippen LogP contribution in [0.5, 0.6) is 11.5 Å². The Morgan fingerprint density at radius 1 is 1.00 bits per heavy atom. The zero-order chi connectivity index (χ0) is 22.9. The maximum absolute atomic E-state index is 15.0. The first-order valence-electron chi connectivity index (χ1n) is 9.50. The largest absolute Gasteiger partial charge is 0.497 e. The van der Waals surface area contributed by atoms with Crippen molar-refractivity contribution in [2.24, 2.45) is 10.7 Å². The summed E-state index contributed by atoms with van der Waals surface area (Å²) in [6.45, 7) is -3.22. The summed E-state index contributed by atoms with van der Waals surface area (Å²) in [5, 5.41) is 0. The van der Waals surface area contributed by atoms with Gasteiger partial charge in [-0.2, -0.15) is 8.78 Å². The highest BCUT2D eigenvalue weighted by molar-refractivity contribution is 5.76. The highest BCUT2D eigenvalue weighted by atomic mass is 19.3. The number of nitrogens with two attached hydrogens (primary N) is 1. The van der Waals surface area contributed by atoms with Crippen molar-refractivity contribution in [3.05, 3.63) is 83.4 Å². The van der Waals surface area contributed by atoms with E-state index in [1.807, 2.05) is 0 Å². The lowest BCUT2D eigenvalue weighted by atomic mass is 9.82. The smallest absolute Gasteiger partial charge is 0.387 e. The molecule has 0 aliphatic carbocycles. The van der Waals surface area contributed by atoms with Gasteiger partial charge in [0.15, 0.2) is 5.54 Å². The summed E-state index contributed by atoms with van der Waals surface area (Å²) in [5.41, 5.74) is 5.64. The Bertz CT molecular complexity index is 1190. The normalized spacial score (nSPS) is 17.8. The Hall–Kier alpha value is -3.75. The van der Waals surface area contributed by atoms with Gasteiger partial charge in [0.2, 0.25) is 0 Å². The van der Waals surface area contributed by atoms with Crippen molar-refractivity contribution in [2.45, 2.75) is 12.2 Å². The number of rotatable bonds is 6. The number of aliphatic imine (C=N–C) groups is 1. The summed E-state index contributed by atoms with van der Waals surface area (Å²) in [4.78, 5) is 4.33. The molecule has 0 bridgehead atoms. The van der Waals surface area contributed by atoms with Crippen LogP contribution in [0, 0.1) is 11.6 Å². The van der Waals surface area contributed by atoms with Crippen LogP contribution in [0.1, 0.15) is 11.1 Å². The molecule has 3 aromatic carbocycles. The van der Waals surface area contributed by atoms with E-state index < -0.39 is 23.8 Å². The summed E-state index contributed by atoms with van der Waals surface area (Å²) in [7, 11) is 1.47. The minimum absolute atomic E-state index is 0.0443. The lowest BCUT2D eigenvalue weighted by Crippen LogP contribution is -2.28. The number of halogens is 4. The van der Waals surface area contributed by atoms with Crippen LogP contribution < -0.4 is 15.2 Å². The molecule has 0 radical (unpaired) electrons. The Morgan fingerprint density at radius 2 is 1.78 bits per heavy atom. The van der Waals surface area contributed by atoms with Gasteiger partial charge in [0.1, 0.15) is 29.7 Å². The fourth-order valence-electron chi connectivity index (χ4n) is 3.68. The fourth-order valence-corrected chi connectivity index (χ4v) is 3.68. The van der Waals surface area contributed by atoms with Crippen molar-refractivity contribution in [1.29, 1.82) is 0 Å². The summed E-state index contributed by atoms with van der Waals surface area (Å²) in [5.74, 6) is -1.17. The molecule has 1 aliphatic heterocycles. The number of methoxy groups -OCH3 is 1. The van der Waals surface area contributed by atoms with E-state index in [0.717, 1.165) is 6.07 Å². The van der Waals surface area contributed by atoms with Crippen LogP contribution in [-0.4, -0.2) is 26.3 Å². The lowest BCUT2D eigenvalue weighted by molar-refractivity contribution is -0.0500. The molecule has 32 heavy (non-hydrogen) atoms. The SMILES string of the molecule is COc1ccc(F)c(-c2cccc(C3(c4ccc(OC(F)F)cc4F)COC(N)=N3)c2)c1. The highest BCUT2D eigenvalue weighted by Gasteiger charge is 2.42. The van der Waals surface area contributed by atoms with Crippen LogP contribution in [0.3, 0.4) is 0 Å². The standard InChI is InChI=1S/C23H18F4N2O3/c1-30-15-6-8-19(24)17(10-15)13-3-2-4-14(9-13)23(12-31-22(28)29-23)18-7-5-16(11-20(18)25)32-21(26)27/h2-11,21H,12H2,1H3,(H2,28,29). The number of amidine groups is 1. The second-order valence-electron chi connectivity index (χ2n) is 7.05. The van der Waals surface area contributed by atoms with Gasteiger partial charge in [-0.1, -0.05) is 18.2 Å². The van der Waals surface area contributed by atoms with Crippen molar-refractivity contribution < 1.29 is 31.8 Å². The van der Waals surface area contributed by atoms with Gasteiger partial charge < -0.3 is 19.9 Å². The van der Waals surface area contributed by atoms with E-state index in [4.69, 9.17) is 15.2 Å². The van der Waals surface area contributed by atoms with Gasteiger partial charge in [0.05, 0.1) is 7.11 Å². The predicted octanol–water partition coefficient (Wildman–Crippen LogP) is 4.83. The molecule has 1 aliphatic rings. The highest BCUT2D eigenvalue weighted by Crippen LogP contribution is 2.41. The molecule has 1 atom stereocenters. The molecule has 0 spiro atoms. The molecule has 3 aromatic rings. The second-order valence-corrected chi connectivity index (χ2v) is 7.05. The fraction of sp³-hybridized carbons (Fsp3) is 0.174. The predicted molar refractivity (Wildman–Crippen MR) is 110 cm³/mol. The number of hydrogen-bond acceptors (Lipinski definition) is 5. The molecule has 0 saturated heterocycles. The molecule has 4 rings (SSSR count). The lowest BCUT2D eigenvalue weighted by Gasteiger charge is -2.26. The third-order valence-corrected chi connectivity index (χ3v) is 5.17. The molecule has 0 aromatic heterocycles. The minimum atomic E-state index is -3.09. The first kappa shape index (κ1) is 21.5. The molecular formula is C23H18F4N2O3. The monoisotopic (exact) mass is 446 g/mol. The van der Waals surface area contributed by atoms with Gasteiger partial charge in [-0.05, 0) is 47.5 Å². The second kappa shape index (κ2) is 8.41. The summed E-state index contributed by atoms with van der Waals surface area (Å²) >= 11 is 0. The molecule has 166 valence electrons. The topological polar surface area (TPSA) is 66.1 Å². The van der Waals surface area contributed by atoms with E-state index in [2.05, 4.69) is 9.73 Å². The number of benzene rings is 3. The average molecular weight is 446 g/mol. The number of alkyl halides is 2. The summed E-state index contributed by atoms with van der Waals surface area (Å²) < 4.78 is 69.3. The van der Waals surface area contributed by atoms with Gasteiger partial charge in [-0.3, -0.25) is 0 Å². The summed E-state index contributed by atoms with van der Waals surface area (Å²) in [6.07, 6.45) is 0. The van der Waals surface area contributed by atoms with Crippen molar-refractivity contribution in [3.63, 3.8) is 0 Å². The van der Waals surface area contributed by atoms with Crippen molar-refractivity contribution in [2.75, 3.05) is 13.7 Å². The van der Waals surface area contributed by atoms with Crippen LogP contribution in [0.25, 0.3) is 11.1 Å². The third-order valence-electron chi connectivity index (χ3n) is 5.17. The van der Waals surface area contributed by atoms with E-state index in [0.29, 0.717) is 16.9 Å². The number of nitrogens with zero attached hydrogens (tertiary/aromatic N) is 1. The quantitative estimate of drug-likeness (QED) is 0.551. The molecule has 0 amide bonds. The van der Waals surface area contributed by atoms with Gasteiger partial charge in [-0.25, -0.2) is 13.8 Å². The molecule has 1 unspecified atom stereocenters. The zero-order valence-electron chi connectivity index (χ0n) is 16.8. The molecule has 9 heteroatoms. The van der Waals surface area contributed by atoms with E-state index in [-0.39, 0.29) is 29.5 Å². The van der Waals surface area contributed by atoms with E-state index in [1.165, 1.54) is 31.4 Å². The van der Waals surface area contributed by atoms with E-state index in [9.17, 15) is 13.2 Å². The average Bonchev–Trinajstić information content (AvgIpc) is 3.16. The third kappa shape index (κ3) is 3.93. The molecule has 0 fully saturated rings. The molecule has 1 heterocycles. The molecular weight excluding hydrogens is 428 g/mol. The number of hydrogen-bond donors (Lipinski definition) is 1. The van der Waals surface area contributed by atoms with Gasteiger partial charge in [0.25, 0.3) is 6.02 Å². The van der Waals surface area contributed by atoms with Crippen LogP contribution in [0.4, 0.5) is 17.6 Å². The maximum Gasteiger partial charge on any atom is 0.387 e. The van der Waals surface area contributed by atoms with Crippen molar-refractivity contribution in [1.82, 2.24) is 0 Å². The Morgan fingerprint density at radius 3 is 2.44 bits per heavy atom. The van der Waals surface area contributed by atoms with Crippen LogP contribution in [0.2, 0.25) is 0 Å². The van der Waals surface area contributed by atoms with Gasteiger partial charge in [0, 0.05) is 17.2 Å². The molecule has 5 nitrogen and oxygen atoms in total. The number of ether oxygens (including phenoxy) is 3. The Labute approximate surface area is 181 Å².